The summed E-state index contributed by atoms with van der Waals surface area (Å²) in [7, 11) is 0. The van der Waals surface area contributed by atoms with Crippen LogP contribution in [0.2, 0.25) is 0 Å². The van der Waals surface area contributed by atoms with Crippen molar-refractivity contribution >= 4 is 0 Å². The van der Waals surface area contributed by atoms with Crippen LogP contribution in [0.15, 0.2) is 0 Å². The van der Waals surface area contributed by atoms with Crippen molar-refractivity contribution in [2.75, 3.05) is 52.5 Å². The number of nitrogens with zero attached hydrogens (tertiary/aromatic N) is 3. The molecule has 5 nitrogen and oxygen atoms in total. The van der Waals surface area contributed by atoms with E-state index >= 15 is 0 Å². The van der Waals surface area contributed by atoms with Gasteiger partial charge in [-0.1, -0.05) is 13.8 Å². The Hall–Kier alpha value is -0.670. The van der Waals surface area contributed by atoms with Crippen LogP contribution in [0.1, 0.15) is 26.7 Å². The van der Waals surface area contributed by atoms with Crippen LogP contribution in [0.25, 0.3) is 0 Å². The predicted molar refractivity (Wildman–Crippen MR) is 82.0 cm³/mol. The molecule has 5 heteroatoms. The summed E-state index contributed by atoms with van der Waals surface area (Å²) in [5, 5.41) is 9.25. The molecule has 2 aliphatic heterocycles. The minimum absolute atomic E-state index is 0.0583. The zero-order valence-corrected chi connectivity index (χ0v) is 13.5. The smallest absolute Gasteiger partial charge is 0.100 e. The van der Waals surface area contributed by atoms with Gasteiger partial charge in [-0.2, -0.15) is 5.26 Å². The van der Waals surface area contributed by atoms with Crippen LogP contribution in [0.3, 0.4) is 0 Å². The van der Waals surface area contributed by atoms with Crippen LogP contribution in [0.4, 0.5) is 0 Å². The van der Waals surface area contributed by atoms with E-state index in [0.29, 0.717) is 12.0 Å². The second-order valence-corrected chi connectivity index (χ2v) is 6.41. The molecule has 2 rings (SSSR count). The van der Waals surface area contributed by atoms with E-state index in [0.717, 1.165) is 59.0 Å². The first-order chi connectivity index (χ1) is 10.2. The summed E-state index contributed by atoms with van der Waals surface area (Å²) in [4.78, 5) is 4.75. The monoisotopic (exact) mass is 295 g/mol. The highest BCUT2D eigenvalue weighted by Gasteiger charge is 2.25. The van der Waals surface area contributed by atoms with Gasteiger partial charge in [0, 0.05) is 39.3 Å². The van der Waals surface area contributed by atoms with Gasteiger partial charge in [0.2, 0.25) is 0 Å². The molecule has 0 aromatic rings. The van der Waals surface area contributed by atoms with Crippen LogP contribution in [-0.4, -0.2) is 74.5 Å². The fraction of sp³-hybridized carbons (Fsp3) is 0.938. The van der Waals surface area contributed by atoms with Gasteiger partial charge in [-0.3, -0.25) is 9.80 Å². The van der Waals surface area contributed by atoms with Gasteiger partial charge in [0.25, 0.3) is 0 Å². The van der Waals surface area contributed by atoms with Crippen molar-refractivity contribution in [1.82, 2.24) is 9.80 Å². The van der Waals surface area contributed by atoms with Gasteiger partial charge in [-0.15, -0.1) is 0 Å². The Morgan fingerprint density at radius 2 is 2.05 bits per heavy atom. The van der Waals surface area contributed by atoms with Gasteiger partial charge in [-0.05, 0) is 18.8 Å². The van der Waals surface area contributed by atoms with Crippen LogP contribution in [0.5, 0.6) is 0 Å². The maximum atomic E-state index is 9.25. The number of nitriles is 1. The Morgan fingerprint density at radius 3 is 2.62 bits per heavy atom. The molecule has 120 valence electrons. The molecule has 21 heavy (non-hydrogen) atoms. The number of piperazine rings is 1. The molecule has 0 saturated carbocycles. The van der Waals surface area contributed by atoms with Crippen molar-refractivity contribution in [2.45, 2.75) is 38.8 Å². The minimum atomic E-state index is 0.0583. The molecule has 2 aliphatic rings. The van der Waals surface area contributed by atoms with E-state index in [1.807, 2.05) is 0 Å². The first-order valence-corrected chi connectivity index (χ1v) is 8.26. The van der Waals surface area contributed by atoms with E-state index < -0.39 is 0 Å². The SMILES string of the molecule is CC(C)[C@@H](C#N)N1CCN(CCOC[C@@H]2CCCO2)CC1. The number of hydrogen-bond acceptors (Lipinski definition) is 5. The molecule has 2 atom stereocenters. The molecule has 0 aromatic heterocycles. The van der Waals surface area contributed by atoms with Gasteiger partial charge < -0.3 is 9.47 Å². The van der Waals surface area contributed by atoms with Crippen molar-refractivity contribution in [3.05, 3.63) is 0 Å². The van der Waals surface area contributed by atoms with Crippen molar-refractivity contribution in [3.8, 4) is 6.07 Å². The summed E-state index contributed by atoms with van der Waals surface area (Å²) < 4.78 is 11.3. The standard InChI is InChI=1S/C16H29N3O2/c1-14(2)16(12-17)19-7-5-18(6-8-19)9-11-20-13-15-4-3-10-21-15/h14-16H,3-11,13H2,1-2H3/t15-,16+/m0/s1. The Kier molecular flexibility index (Phi) is 6.91. The summed E-state index contributed by atoms with van der Waals surface area (Å²) in [5.74, 6) is 0.399. The largest absolute Gasteiger partial charge is 0.377 e. The topological polar surface area (TPSA) is 48.7 Å². The molecular weight excluding hydrogens is 266 g/mol. The molecule has 0 aromatic carbocycles. The van der Waals surface area contributed by atoms with Crippen molar-refractivity contribution in [2.24, 2.45) is 5.92 Å². The van der Waals surface area contributed by atoms with Crippen LogP contribution < -0.4 is 0 Å². The molecule has 0 amide bonds. The Labute approximate surface area is 128 Å². The van der Waals surface area contributed by atoms with Gasteiger partial charge in [0.1, 0.15) is 6.04 Å². The third-order valence-electron chi connectivity index (χ3n) is 4.44. The van der Waals surface area contributed by atoms with Crippen LogP contribution in [0, 0.1) is 17.2 Å². The van der Waals surface area contributed by atoms with Gasteiger partial charge >= 0.3 is 0 Å². The van der Waals surface area contributed by atoms with E-state index in [2.05, 4.69) is 29.7 Å². The lowest BCUT2D eigenvalue weighted by Crippen LogP contribution is -2.51. The van der Waals surface area contributed by atoms with Gasteiger partial charge in [0.05, 0.1) is 25.4 Å². The maximum absolute atomic E-state index is 9.25. The quantitative estimate of drug-likeness (QED) is 0.664. The molecule has 0 unspecified atom stereocenters. The Bertz CT molecular complexity index is 329. The molecule has 0 radical (unpaired) electrons. The van der Waals surface area contributed by atoms with Crippen molar-refractivity contribution in [1.29, 1.82) is 5.26 Å². The molecule has 2 heterocycles. The molecule has 0 N–H and O–H groups in total. The summed E-state index contributed by atoms with van der Waals surface area (Å²) in [6, 6.07) is 2.50. The van der Waals surface area contributed by atoms with Gasteiger partial charge in [0.15, 0.2) is 0 Å². The van der Waals surface area contributed by atoms with Crippen LogP contribution in [-0.2, 0) is 9.47 Å². The maximum Gasteiger partial charge on any atom is 0.100 e. The van der Waals surface area contributed by atoms with Crippen LogP contribution >= 0.6 is 0 Å². The lowest BCUT2D eigenvalue weighted by atomic mass is 10.0. The van der Waals surface area contributed by atoms with E-state index in [9.17, 15) is 5.26 Å². The van der Waals surface area contributed by atoms with E-state index in [-0.39, 0.29) is 6.04 Å². The fourth-order valence-corrected chi connectivity index (χ4v) is 3.10. The number of hydrogen-bond donors (Lipinski definition) is 0. The molecule has 2 saturated heterocycles. The highest BCUT2D eigenvalue weighted by atomic mass is 16.5. The average Bonchev–Trinajstić information content (AvgIpc) is 2.99. The summed E-state index contributed by atoms with van der Waals surface area (Å²) >= 11 is 0. The van der Waals surface area contributed by atoms with E-state index in [1.54, 1.807) is 0 Å². The average molecular weight is 295 g/mol. The first kappa shape index (κ1) is 16.7. The fourth-order valence-electron chi connectivity index (χ4n) is 3.10. The lowest BCUT2D eigenvalue weighted by molar-refractivity contribution is 0.00476. The zero-order chi connectivity index (χ0) is 15.1. The zero-order valence-electron chi connectivity index (χ0n) is 13.5. The molecular formula is C16H29N3O2. The molecule has 0 bridgehead atoms. The number of rotatable bonds is 7. The first-order valence-electron chi connectivity index (χ1n) is 8.26. The Morgan fingerprint density at radius 1 is 1.29 bits per heavy atom. The third-order valence-corrected chi connectivity index (χ3v) is 4.44. The second-order valence-electron chi connectivity index (χ2n) is 6.41. The predicted octanol–water partition coefficient (Wildman–Crippen LogP) is 1.35. The second kappa shape index (κ2) is 8.70. The van der Waals surface area contributed by atoms with Gasteiger partial charge in [-0.25, -0.2) is 0 Å². The highest BCUT2D eigenvalue weighted by molar-refractivity contribution is 4.95. The van der Waals surface area contributed by atoms with E-state index in [1.165, 1.54) is 6.42 Å². The van der Waals surface area contributed by atoms with Crippen molar-refractivity contribution < 1.29 is 9.47 Å². The number of ether oxygens (including phenoxy) is 2. The molecule has 0 spiro atoms. The summed E-state index contributed by atoms with van der Waals surface area (Å²) in [5.41, 5.74) is 0. The third kappa shape index (κ3) is 5.23. The Balaban J connectivity index is 1.57. The lowest BCUT2D eigenvalue weighted by Gasteiger charge is -2.38. The molecule has 0 aliphatic carbocycles. The highest BCUT2D eigenvalue weighted by Crippen LogP contribution is 2.14. The van der Waals surface area contributed by atoms with E-state index in [4.69, 9.17) is 9.47 Å². The van der Waals surface area contributed by atoms with Crippen molar-refractivity contribution in [3.63, 3.8) is 0 Å². The minimum Gasteiger partial charge on any atom is -0.377 e. The summed E-state index contributed by atoms with van der Waals surface area (Å²) in [6.45, 7) is 11.7. The summed E-state index contributed by atoms with van der Waals surface area (Å²) in [6.07, 6.45) is 2.64. The molecule has 2 fully saturated rings. The normalized spacial score (nSPS) is 26.1.